The highest BCUT2D eigenvalue weighted by atomic mass is 32.2. The third kappa shape index (κ3) is 6.03. The molecule has 0 unspecified atom stereocenters. The van der Waals surface area contributed by atoms with Crippen molar-refractivity contribution < 1.29 is 22.7 Å². The Labute approximate surface area is 171 Å². The molecule has 0 bridgehead atoms. The molecule has 8 heteroatoms. The summed E-state index contributed by atoms with van der Waals surface area (Å²) in [7, 11) is -2.21. The van der Waals surface area contributed by atoms with Crippen LogP contribution in [0, 0.1) is 0 Å². The molecular formula is C21H26N2O5S. The minimum atomic E-state index is -3.71. The van der Waals surface area contributed by atoms with E-state index in [0.29, 0.717) is 5.69 Å². The van der Waals surface area contributed by atoms with Gasteiger partial charge in [-0.15, -0.1) is 0 Å². The molecule has 0 aliphatic heterocycles. The van der Waals surface area contributed by atoms with Crippen LogP contribution in [-0.4, -0.2) is 40.7 Å². The van der Waals surface area contributed by atoms with Gasteiger partial charge in [-0.2, -0.15) is 0 Å². The lowest BCUT2D eigenvalue weighted by atomic mass is 10.2. The lowest BCUT2D eigenvalue weighted by Crippen LogP contribution is -2.27. The average Bonchev–Trinajstić information content (AvgIpc) is 3.23. The standard InChI is InChI=1S/C21H26N2O5S/c1-27-14-13-22-29(25,26)20-8-4-5-16(15-20)21(24)23-17-9-11-19(12-10-17)28-18-6-2-3-7-18/h4-5,8-12,15,18,22H,2-3,6-7,13-14H2,1H3,(H,23,24). The van der Waals surface area contributed by atoms with E-state index >= 15 is 0 Å². The molecule has 2 aromatic rings. The van der Waals surface area contributed by atoms with E-state index in [9.17, 15) is 13.2 Å². The second-order valence-electron chi connectivity index (χ2n) is 6.92. The van der Waals surface area contributed by atoms with Crippen molar-refractivity contribution in [2.45, 2.75) is 36.7 Å². The lowest BCUT2D eigenvalue weighted by Gasteiger charge is -2.13. The van der Waals surface area contributed by atoms with E-state index in [2.05, 4.69) is 10.0 Å². The number of rotatable bonds is 9. The summed E-state index contributed by atoms with van der Waals surface area (Å²) < 4.78 is 37.8. The Morgan fingerprint density at radius 1 is 1.10 bits per heavy atom. The maximum atomic E-state index is 12.5. The number of carbonyl (C=O) groups is 1. The highest BCUT2D eigenvalue weighted by Gasteiger charge is 2.17. The summed E-state index contributed by atoms with van der Waals surface area (Å²) in [6.07, 6.45) is 4.85. The quantitative estimate of drug-likeness (QED) is 0.610. The molecule has 0 heterocycles. The zero-order chi connectivity index (χ0) is 20.7. The van der Waals surface area contributed by atoms with Gasteiger partial charge in [-0.3, -0.25) is 4.79 Å². The minimum absolute atomic E-state index is 0.0292. The number of anilines is 1. The van der Waals surface area contributed by atoms with Crippen LogP contribution in [0.5, 0.6) is 5.75 Å². The third-order valence-corrected chi connectivity index (χ3v) is 6.18. The van der Waals surface area contributed by atoms with Gasteiger partial charge in [-0.05, 0) is 68.1 Å². The van der Waals surface area contributed by atoms with Crippen LogP contribution in [-0.2, 0) is 14.8 Å². The van der Waals surface area contributed by atoms with Gasteiger partial charge in [0.05, 0.1) is 17.6 Å². The van der Waals surface area contributed by atoms with Crippen molar-refractivity contribution >= 4 is 21.6 Å². The van der Waals surface area contributed by atoms with Crippen LogP contribution < -0.4 is 14.8 Å². The van der Waals surface area contributed by atoms with Crippen LogP contribution >= 0.6 is 0 Å². The first-order valence-corrected chi connectivity index (χ1v) is 11.1. The fraction of sp³-hybridized carbons (Fsp3) is 0.381. The fourth-order valence-electron chi connectivity index (χ4n) is 3.18. The van der Waals surface area contributed by atoms with Gasteiger partial charge in [0.15, 0.2) is 0 Å². The smallest absolute Gasteiger partial charge is 0.255 e. The van der Waals surface area contributed by atoms with Crippen molar-refractivity contribution in [1.29, 1.82) is 0 Å². The highest BCUT2D eigenvalue weighted by molar-refractivity contribution is 7.89. The SMILES string of the molecule is COCCNS(=O)(=O)c1cccc(C(=O)Nc2ccc(OC3CCCC3)cc2)c1. The van der Waals surface area contributed by atoms with Gasteiger partial charge in [0.2, 0.25) is 10.0 Å². The normalized spacial score (nSPS) is 14.7. The number of carbonyl (C=O) groups excluding carboxylic acids is 1. The van der Waals surface area contributed by atoms with Crippen LogP contribution in [0.25, 0.3) is 0 Å². The predicted molar refractivity (Wildman–Crippen MR) is 111 cm³/mol. The van der Waals surface area contributed by atoms with Crippen molar-refractivity contribution in [2.24, 2.45) is 0 Å². The number of methoxy groups -OCH3 is 1. The predicted octanol–water partition coefficient (Wildman–Crippen LogP) is 3.19. The van der Waals surface area contributed by atoms with E-state index < -0.39 is 10.0 Å². The minimum Gasteiger partial charge on any atom is -0.490 e. The number of hydrogen-bond acceptors (Lipinski definition) is 5. The Morgan fingerprint density at radius 2 is 1.83 bits per heavy atom. The van der Waals surface area contributed by atoms with Crippen molar-refractivity contribution in [3.8, 4) is 5.75 Å². The lowest BCUT2D eigenvalue weighted by molar-refractivity contribution is 0.102. The molecule has 0 aromatic heterocycles. The summed E-state index contributed by atoms with van der Waals surface area (Å²) in [4.78, 5) is 12.6. The summed E-state index contributed by atoms with van der Waals surface area (Å²) >= 11 is 0. The van der Waals surface area contributed by atoms with Gasteiger partial charge in [0.25, 0.3) is 5.91 Å². The van der Waals surface area contributed by atoms with Gasteiger partial charge in [0.1, 0.15) is 5.75 Å². The van der Waals surface area contributed by atoms with Crippen molar-refractivity contribution in [2.75, 3.05) is 25.6 Å². The Kier molecular flexibility index (Phi) is 7.24. The van der Waals surface area contributed by atoms with E-state index in [1.165, 1.54) is 32.1 Å². The molecule has 3 rings (SSSR count). The number of benzene rings is 2. The fourth-order valence-corrected chi connectivity index (χ4v) is 4.24. The van der Waals surface area contributed by atoms with Crippen LogP contribution in [0.3, 0.4) is 0 Å². The van der Waals surface area contributed by atoms with Gasteiger partial charge in [-0.25, -0.2) is 13.1 Å². The van der Waals surface area contributed by atoms with Gasteiger partial charge in [-0.1, -0.05) is 6.07 Å². The first-order chi connectivity index (χ1) is 14.0. The molecule has 0 saturated heterocycles. The van der Waals surface area contributed by atoms with Gasteiger partial charge < -0.3 is 14.8 Å². The summed E-state index contributed by atoms with van der Waals surface area (Å²) in [5.41, 5.74) is 0.867. The Bertz CT molecular complexity index is 922. The topological polar surface area (TPSA) is 93.7 Å². The van der Waals surface area contributed by atoms with E-state index in [0.717, 1.165) is 18.6 Å². The molecular weight excluding hydrogens is 392 g/mol. The molecule has 1 aliphatic rings. The molecule has 2 N–H and O–H groups in total. The number of sulfonamides is 1. The average molecular weight is 419 g/mol. The second-order valence-corrected chi connectivity index (χ2v) is 8.69. The van der Waals surface area contributed by atoms with Crippen LogP contribution in [0.15, 0.2) is 53.4 Å². The van der Waals surface area contributed by atoms with E-state index in [4.69, 9.17) is 9.47 Å². The molecule has 156 valence electrons. The number of ether oxygens (including phenoxy) is 2. The molecule has 1 amide bonds. The van der Waals surface area contributed by atoms with Crippen molar-refractivity contribution in [1.82, 2.24) is 4.72 Å². The molecule has 2 aromatic carbocycles. The van der Waals surface area contributed by atoms with Crippen molar-refractivity contribution in [3.05, 3.63) is 54.1 Å². The summed E-state index contributed by atoms with van der Waals surface area (Å²) in [5.74, 6) is 0.397. The summed E-state index contributed by atoms with van der Waals surface area (Å²) in [5, 5.41) is 2.78. The Morgan fingerprint density at radius 3 is 2.52 bits per heavy atom. The maximum Gasteiger partial charge on any atom is 0.255 e. The molecule has 0 radical (unpaired) electrons. The molecule has 1 aliphatic carbocycles. The third-order valence-electron chi connectivity index (χ3n) is 4.72. The number of nitrogens with one attached hydrogen (secondary N) is 2. The molecule has 1 saturated carbocycles. The molecule has 29 heavy (non-hydrogen) atoms. The van der Waals surface area contributed by atoms with Crippen LogP contribution in [0.2, 0.25) is 0 Å². The number of amides is 1. The van der Waals surface area contributed by atoms with Crippen LogP contribution in [0.1, 0.15) is 36.0 Å². The Balaban J connectivity index is 1.63. The largest absolute Gasteiger partial charge is 0.490 e. The zero-order valence-corrected chi connectivity index (χ0v) is 17.2. The van der Waals surface area contributed by atoms with Crippen molar-refractivity contribution in [3.63, 3.8) is 0 Å². The number of hydrogen-bond donors (Lipinski definition) is 2. The second kappa shape index (κ2) is 9.87. The monoisotopic (exact) mass is 418 g/mol. The first-order valence-electron chi connectivity index (χ1n) is 9.65. The van der Waals surface area contributed by atoms with Crippen LogP contribution in [0.4, 0.5) is 5.69 Å². The Hall–Kier alpha value is -2.42. The maximum absolute atomic E-state index is 12.5. The summed E-state index contributed by atoms with van der Waals surface area (Å²) in [6, 6.07) is 13.1. The highest BCUT2D eigenvalue weighted by Crippen LogP contribution is 2.25. The molecule has 0 atom stereocenters. The van der Waals surface area contributed by atoms with E-state index in [-0.39, 0.29) is 35.6 Å². The van der Waals surface area contributed by atoms with E-state index in [1.807, 2.05) is 12.1 Å². The van der Waals surface area contributed by atoms with Gasteiger partial charge >= 0.3 is 0 Å². The van der Waals surface area contributed by atoms with E-state index in [1.54, 1.807) is 24.3 Å². The zero-order valence-electron chi connectivity index (χ0n) is 16.4. The molecule has 0 spiro atoms. The van der Waals surface area contributed by atoms with Gasteiger partial charge in [0, 0.05) is 24.9 Å². The molecule has 7 nitrogen and oxygen atoms in total. The molecule has 1 fully saturated rings. The summed E-state index contributed by atoms with van der Waals surface area (Å²) in [6.45, 7) is 0.421. The first kappa shape index (κ1) is 21.3.